The van der Waals surface area contributed by atoms with E-state index in [0.717, 1.165) is 25.8 Å². The lowest BCUT2D eigenvalue weighted by molar-refractivity contribution is -0.131. The Morgan fingerprint density at radius 1 is 1.32 bits per heavy atom. The molecule has 0 aromatic rings. The van der Waals surface area contributed by atoms with Crippen LogP contribution in [0.25, 0.3) is 0 Å². The highest BCUT2D eigenvalue weighted by Crippen LogP contribution is 2.33. The van der Waals surface area contributed by atoms with Gasteiger partial charge in [-0.3, -0.25) is 10.1 Å². The summed E-state index contributed by atoms with van der Waals surface area (Å²) in [5.41, 5.74) is 0. The van der Waals surface area contributed by atoms with Gasteiger partial charge in [-0.05, 0) is 31.4 Å². The zero-order chi connectivity index (χ0) is 14.6. The van der Waals surface area contributed by atoms with Crippen LogP contribution in [0, 0.1) is 5.92 Å². The van der Waals surface area contributed by atoms with Crippen molar-refractivity contribution in [2.75, 3.05) is 12.8 Å². The minimum absolute atomic E-state index is 0.00165. The van der Waals surface area contributed by atoms with E-state index in [1.807, 2.05) is 11.8 Å². The molecule has 1 aliphatic rings. The highest BCUT2D eigenvalue weighted by molar-refractivity contribution is 8.00. The molecule has 0 aromatic heterocycles. The van der Waals surface area contributed by atoms with Gasteiger partial charge in [-0.25, -0.2) is 0 Å². The first-order chi connectivity index (χ1) is 8.94. The summed E-state index contributed by atoms with van der Waals surface area (Å²) in [5.74, 6) is 0.653. The molecule has 1 saturated heterocycles. The molecule has 0 saturated carbocycles. The van der Waals surface area contributed by atoms with Gasteiger partial charge in [0.1, 0.15) is 0 Å². The standard InChI is InChI=1S/C15H30N2OS/c1-7-12-16-13(11(4)5)14(18)17(12)10-15(8-2,9-3)19-6/h11-13,16H,7-10H2,1-6H3. The van der Waals surface area contributed by atoms with Crippen LogP contribution in [0.4, 0.5) is 0 Å². The predicted molar refractivity (Wildman–Crippen MR) is 84.4 cm³/mol. The van der Waals surface area contributed by atoms with Crippen molar-refractivity contribution in [1.82, 2.24) is 10.2 Å². The number of carbonyl (C=O) groups is 1. The molecule has 1 N–H and O–H groups in total. The van der Waals surface area contributed by atoms with Crippen molar-refractivity contribution in [2.24, 2.45) is 5.92 Å². The largest absolute Gasteiger partial charge is 0.324 e. The summed E-state index contributed by atoms with van der Waals surface area (Å²) in [5, 5.41) is 3.50. The van der Waals surface area contributed by atoms with Crippen LogP contribution in [0.2, 0.25) is 0 Å². The molecule has 0 radical (unpaired) electrons. The fourth-order valence-electron chi connectivity index (χ4n) is 2.84. The molecule has 112 valence electrons. The van der Waals surface area contributed by atoms with E-state index >= 15 is 0 Å². The molecule has 1 rings (SSSR count). The third-order valence-corrected chi connectivity index (χ3v) is 6.10. The van der Waals surface area contributed by atoms with Gasteiger partial charge >= 0.3 is 0 Å². The molecule has 0 bridgehead atoms. The average Bonchev–Trinajstić information content (AvgIpc) is 2.73. The van der Waals surface area contributed by atoms with Gasteiger partial charge in [0.25, 0.3) is 0 Å². The number of carbonyl (C=O) groups excluding carboxylic acids is 1. The van der Waals surface area contributed by atoms with Gasteiger partial charge in [0.05, 0.1) is 12.2 Å². The van der Waals surface area contributed by atoms with Gasteiger partial charge in [-0.15, -0.1) is 0 Å². The number of rotatable bonds is 7. The average molecular weight is 286 g/mol. The van der Waals surface area contributed by atoms with Crippen LogP contribution in [0.5, 0.6) is 0 Å². The molecular weight excluding hydrogens is 256 g/mol. The predicted octanol–water partition coefficient (Wildman–Crippen LogP) is 3.10. The van der Waals surface area contributed by atoms with Gasteiger partial charge in [0.15, 0.2) is 0 Å². The van der Waals surface area contributed by atoms with Crippen molar-refractivity contribution in [3.63, 3.8) is 0 Å². The van der Waals surface area contributed by atoms with Crippen LogP contribution in [0.15, 0.2) is 0 Å². The maximum Gasteiger partial charge on any atom is 0.241 e. The third-order valence-electron chi connectivity index (χ3n) is 4.53. The first kappa shape index (κ1) is 16.8. The van der Waals surface area contributed by atoms with E-state index in [1.54, 1.807) is 0 Å². The summed E-state index contributed by atoms with van der Waals surface area (Å²) in [4.78, 5) is 14.7. The van der Waals surface area contributed by atoms with Crippen LogP contribution >= 0.6 is 11.8 Å². The Balaban J connectivity index is 2.88. The summed E-state index contributed by atoms with van der Waals surface area (Å²) >= 11 is 1.91. The Bertz CT molecular complexity index is 294. The van der Waals surface area contributed by atoms with Crippen molar-refractivity contribution in [3.05, 3.63) is 0 Å². The number of thioether (sulfide) groups is 1. The minimum atomic E-state index is -0.00165. The van der Waals surface area contributed by atoms with Crippen molar-refractivity contribution in [1.29, 1.82) is 0 Å². The maximum absolute atomic E-state index is 12.6. The quantitative estimate of drug-likeness (QED) is 0.780. The molecular formula is C15H30N2OS. The second-order valence-electron chi connectivity index (χ2n) is 5.87. The summed E-state index contributed by atoms with van der Waals surface area (Å²) in [7, 11) is 0. The van der Waals surface area contributed by atoms with Crippen LogP contribution in [-0.2, 0) is 4.79 Å². The van der Waals surface area contributed by atoms with Crippen LogP contribution in [-0.4, -0.2) is 40.6 Å². The highest BCUT2D eigenvalue weighted by Gasteiger charge is 2.42. The van der Waals surface area contributed by atoms with E-state index < -0.39 is 0 Å². The van der Waals surface area contributed by atoms with Crippen molar-refractivity contribution >= 4 is 17.7 Å². The topological polar surface area (TPSA) is 32.3 Å². The van der Waals surface area contributed by atoms with Gasteiger partial charge in [0.2, 0.25) is 5.91 Å². The van der Waals surface area contributed by atoms with Crippen molar-refractivity contribution < 1.29 is 4.79 Å². The van der Waals surface area contributed by atoms with E-state index in [-0.39, 0.29) is 17.0 Å². The van der Waals surface area contributed by atoms with Gasteiger partial charge < -0.3 is 4.90 Å². The molecule has 1 fully saturated rings. The second-order valence-corrected chi connectivity index (χ2v) is 7.15. The summed E-state index contributed by atoms with van der Waals surface area (Å²) in [6.45, 7) is 11.7. The third kappa shape index (κ3) is 3.46. The molecule has 1 amide bonds. The van der Waals surface area contributed by atoms with Gasteiger partial charge in [-0.2, -0.15) is 11.8 Å². The SMILES string of the molecule is CCC1NC(C(C)C)C(=O)N1CC(CC)(CC)SC. The van der Waals surface area contributed by atoms with E-state index in [4.69, 9.17) is 0 Å². The Morgan fingerprint density at radius 3 is 2.26 bits per heavy atom. The van der Waals surface area contributed by atoms with Gasteiger partial charge in [-0.1, -0.05) is 34.6 Å². The summed E-state index contributed by atoms with van der Waals surface area (Å²) in [6, 6.07) is -0.00165. The lowest BCUT2D eigenvalue weighted by Crippen LogP contribution is -2.46. The molecule has 1 heterocycles. The number of hydrogen-bond acceptors (Lipinski definition) is 3. The molecule has 2 unspecified atom stereocenters. The molecule has 0 spiro atoms. The molecule has 3 nitrogen and oxygen atoms in total. The zero-order valence-electron chi connectivity index (χ0n) is 13.3. The van der Waals surface area contributed by atoms with E-state index in [1.165, 1.54) is 0 Å². The highest BCUT2D eigenvalue weighted by atomic mass is 32.2. The fourth-order valence-corrected chi connectivity index (χ4v) is 3.69. The number of hydrogen-bond donors (Lipinski definition) is 1. The Morgan fingerprint density at radius 2 is 1.89 bits per heavy atom. The molecule has 19 heavy (non-hydrogen) atoms. The lowest BCUT2D eigenvalue weighted by Gasteiger charge is -2.36. The minimum Gasteiger partial charge on any atom is -0.324 e. The smallest absolute Gasteiger partial charge is 0.241 e. The van der Waals surface area contributed by atoms with Crippen LogP contribution in [0.1, 0.15) is 53.9 Å². The zero-order valence-corrected chi connectivity index (χ0v) is 14.1. The molecule has 0 aliphatic carbocycles. The van der Waals surface area contributed by atoms with Crippen molar-refractivity contribution in [3.8, 4) is 0 Å². The maximum atomic E-state index is 12.6. The summed E-state index contributed by atoms with van der Waals surface area (Å²) < 4.78 is 0.205. The second kappa shape index (κ2) is 6.98. The monoisotopic (exact) mass is 286 g/mol. The molecule has 4 heteroatoms. The fraction of sp³-hybridized carbons (Fsp3) is 0.933. The number of amides is 1. The van der Waals surface area contributed by atoms with Crippen LogP contribution in [0.3, 0.4) is 0 Å². The lowest BCUT2D eigenvalue weighted by atomic mass is 10.0. The molecule has 1 aliphatic heterocycles. The Kier molecular flexibility index (Phi) is 6.18. The summed E-state index contributed by atoms with van der Waals surface area (Å²) in [6.07, 6.45) is 5.58. The number of nitrogens with one attached hydrogen (secondary N) is 1. The van der Waals surface area contributed by atoms with Crippen molar-refractivity contribution in [2.45, 2.75) is 70.8 Å². The van der Waals surface area contributed by atoms with E-state index in [2.05, 4.69) is 51.1 Å². The Labute approximate surface area is 122 Å². The van der Waals surface area contributed by atoms with E-state index in [0.29, 0.717) is 11.8 Å². The molecule has 2 atom stereocenters. The first-order valence-electron chi connectivity index (χ1n) is 7.56. The van der Waals surface area contributed by atoms with E-state index in [9.17, 15) is 4.79 Å². The molecule has 0 aromatic carbocycles. The number of nitrogens with zero attached hydrogens (tertiary/aromatic N) is 1. The Hall–Kier alpha value is -0.220. The van der Waals surface area contributed by atoms with Gasteiger partial charge in [0, 0.05) is 11.3 Å². The first-order valence-corrected chi connectivity index (χ1v) is 8.78. The normalized spacial score (nSPS) is 24.6. The van der Waals surface area contributed by atoms with Crippen LogP contribution < -0.4 is 5.32 Å².